The molecule has 0 aliphatic carbocycles. The molecule has 0 aliphatic rings. The van der Waals surface area contributed by atoms with Crippen LogP contribution in [0.4, 0.5) is 17.1 Å². The van der Waals surface area contributed by atoms with Crippen molar-refractivity contribution in [2.75, 3.05) is 4.90 Å². The molecule has 9 aromatic carbocycles. The molecule has 54 heavy (non-hydrogen) atoms. The number of thiophene rings is 1. The third kappa shape index (κ3) is 5.84. The first-order valence-corrected chi connectivity index (χ1v) is 19.2. The maximum absolute atomic E-state index is 2.41. The molecule has 0 N–H and O–H groups in total. The predicted molar refractivity (Wildman–Crippen MR) is 233 cm³/mol. The van der Waals surface area contributed by atoms with Crippen LogP contribution in [0, 0.1) is 0 Å². The van der Waals surface area contributed by atoms with Gasteiger partial charge in [0.15, 0.2) is 0 Å². The van der Waals surface area contributed by atoms with E-state index in [1.807, 2.05) is 11.3 Å². The number of nitrogens with zero attached hydrogens (tertiary/aromatic N) is 1. The number of anilines is 3. The van der Waals surface area contributed by atoms with Gasteiger partial charge in [0.25, 0.3) is 0 Å². The fourth-order valence-corrected chi connectivity index (χ4v) is 8.92. The summed E-state index contributed by atoms with van der Waals surface area (Å²) in [5.41, 5.74) is 12.9. The number of hydrogen-bond acceptors (Lipinski definition) is 2. The minimum Gasteiger partial charge on any atom is -0.310 e. The highest BCUT2D eigenvalue weighted by molar-refractivity contribution is 7.25. The topological polar surface area (TPSA) is 3.24 Å². The van der Waals surface area contributed by atoms with E-state index < -0.39 is 0 Å². The van der Waals surface area contributed by atoms with Crippen LogP contribution >= 0.6 is 11.3 Å². The maximum atomic E-state index is 2.41. The average molecular weight is 706 g/mol. The molecule has 2 heteroatoms. The van der Waals surface area contributed by atoms with Crippen molar-refractivity contribution >= 4 is 59.3 Å². The fraction of sp³-hybridized carbons (Fsp3) is 0. The Morgan fingerprint density at radius 3 is 1.76 bits per heavy atom. The highest BCUT2D eigenvalue weighted by Crippen LogP contribution is 2.44. The van der Waals surface area contributed by atoms with Crippen LogP contribution in [0.5, 0.6) is 0 Å². The molecule has 254 valence electrons. The lowest BCUT2D eigenvalue weighted by Crippen LogP contribution is -2.11. The van der Waals surface area contributed by atoms with E-state index in [4.69, 9.17) is 0 Å². The first-order chi connectivity index (χ1) is 26.8. The number of hydrogen-bond donors (Lipinski definition) is 0. The molecular formula is C52H35NS. The highest BCUT2D eigenvalue weighted by Gasteiger charge is 2.19. The van der Waals surface area contributed by atoms with Gasteiger partial charge in [-0.2, -0.15) is 0 Å². The van der Waals surface area contributed by atoms with Crippen LogP contribution in [0.1, 0.15) is 0 Å². The lowest BCUT2D eigenvalue weighted by atomic mass is 9.94. The molecule has 0 bridgehead atoms. The van der Waals surface area contributed by atoms with E-state index >= 15 is 0 Å². The fourth-order valence-electron chi connectivity index (χ4n) is 7.84. The van der Waals surface area contributed by atoms with Crippen molar-refractivity contribution in [2.45, 2.75) is 0 Å². The monoisotopic (exact) mass is 705 g/mol. The Balaban J connectivity index is 1.12. The summed E-state index contributed by atoms with van der Waals surface area (Å²) in [5.74, 6) is 0. The normalized spacial score (nSPS) is 11.3. The van der Waals surface area contributed by atoms with Crippen molar-refractivity contribution in [3.8, 4) is 44.5 Å². The lowest BCUT2D eigenvalue weighted by molar-refractivity contribution is 1.28. The van der Waals surface area contributed by atoms with E-state index in [2.05, 4.69) is 217 Å². The van der Waals surface area contributed by atoms with Crippen molar-refractivity contribution in [3.63, 3.8) is 0 Å². The van der Waals surface area contributed by atoms with Crippen molar-refractivity contribution in [2.24, 2.45) is 0 Å². The van der Waals surface area contributed by atoms with Crippen LogP contribution in [0.3, 0.4) is 0 Å². The van der Waals surface area contributed by atoms with E-state index in [9.17, 15) is 0 Å². The molecule has 0 amide bonds. The van der Waals surface area contributed by atoms with Crippen LogP contribution in [0.15, 0.2) is 212 Å². The van der Waals surface area contributed by atoms with Crippen molar-refractivity contribution in [1.29, 1.82) is 0 Å². The summed E-state index contributed by atoms with van der Waals surface area (Å²) in [6, 6.07) is 77.2. The summed E-state index contributed by atoms with van der Waals surface area (Å²) >= 11 is 1.86. The SMILES string of the molecule is c1ccc(-c2ccc(N(c3cccc(-c4ccc5sc6ccccc6c5c4)c3)c3ccccc3-c3cccc(-c4cccc5ccccc45)c3)cc2)cc1. The molecule has 10 aromatic rings. The molecule has 1 nitrogen and oxygen atoms in total. The van der Waals surface area contributed by atoms with Gasteiger partial charge in [0, 0.05) is 37.1 Å². The Kier molecular flexibility index (Phi) is 8.09. The minimum absolute atomic E-state index is 1.10. The summed E-state index contributed by atoms with van der Waals surface area (Å²) in [4.78, 5) is 2.41. The molecule has 10 rings (SSSR count). The molecule has 1 aromatic heterocycles. The van der Waals surface area contributed by atoms with Crippen molar-refractivity contribution in [1.82, 2.24) is 0 Å². The highest BCUT2D eigenvalue weighted by atomic mass is 32.1. The largest absolute Gasteiger partial charge is 0.310 e. The molecule has 1 heterocycles. The van der Waals surface area contributed by atoms with E-state index in [0.717, 1.165) is 17.1 Å². The third-order valence-corrected chi connectivity index (χ3v) is 11.6. The Morgan fingerprint density at radius 2 is 0.870 bits per heavy atom. The second kappa shape index (κ2) is 13.7. The van der Waals surface area contributed by atoms with Crippen LogP contribution in [-0.4, -0.2) is 0 Å². The molecule has 0 saturated heterocycles. The number of para-hydroxylation sites is 1. The first-order valence-electron chi connectivity index (χ1n) is 18.4. The Labute approximate surface area is 319 Å². The number of benzene rings is 9. The zero-order chi connectivity index (χ0) is 35.8. The van der Waals surface area contributed by atoms with Crippen LogP contribution < -0.4 is 4.90 Å². The summed E-state index contributed by atoms with van der Waals surface area (Å²) in [7, 11) is 0. The van der Waals surface area contributed by atoms with Gasteiger partial charge in [0.2, 0.25) is 0 Å². The first kappa shape index (κ1) is 32.0. The van der Waals surface area contributed by atoms with Crippen molar-refractivity contribution in [3.05, 3.63) is 212 Å². The van der Waals surface area contributed by atoms with Gasteiger partial charge < -0.3 is 4.90 Å². The van der Waals surface area contributed by atoms with Crippen LogP contribution in [0.2, 0.25) is 0 Å². The zero-order valence-electron chi connectivity index (χ0n) is 29.6. The summed E-state index contributed by atoms with van der Waals surface area (Å²) in [5, 5.41) is 5.13. The van der Waals surface area contributed by atoms with E-state index in [-0.39, 0.29) is 0 Å². The lowest BCUT2D eigenvalue weighted by Gasteiger charge is -2.28. The second-order valence-electron chi connectivity index (χ2n) is 13.7. The van der Waals surface area contributed by atoms with Gasteiger partial charge in [0.1, 0.15) is 0 Å². The molecular weight excluding hydrogens is 671 g/mol. The Hall–Kier alpha value is -6.74. The van der Waals surface area contributed by atoms with Gasteiger partial charge in [-0.15, -0.1) is 11.3 Å². The third-order valence-electron chi connectivity index (χ3n) is 10.5. The van der Waals surface area contributed by atoms with E-state index in [1.165, 1.54) is 75.5 Å². The molecule has 0 spiro atoms. The standard InChI is InChI=1S/C52H35NS/c1-2-13-36(14-3-1)37-27-30-43(31-28-37)53(44-20-11-17-39(34-44)40-29-32-52-49(35-40)48-23-7-9-26-51(48)54-52)50-25-8-6-22-47(50)42-19-10-18-41(33-42)46-24-12-16-38-15-4-5-21-45(38)46/h1-35H. The molecule has 0 saturated carbocycles. The van der Waals surface area contributed by atoms with E-state index in [1.54, 1.807) is 0 Å². The van der Waals surface area contributed by atoms with Crippen LogP contribution in [0.25, 0.3) is 75.5 Å². The Morgan fingerprint density at radius 1 is 0.296 bits per heavy atom. The quantitative estimate of drug-likeness (QED) is 0.160. The second-order valence-corrected chi connectivity index (χ2v) is 14.8. The Bertz CT molecular complexity index is 2930. The molecule has 0 atom stereocenters. The summed E-state index contributed by atoms with van der Waals surface area (Å²) < 4.78 is 2.64. The van der Waals surface area contributed by atoms with Gasteiger partial charge in [0.05, 0.1) is 5.69 Å². The maximum Gasteiger partial charge on any atom is 0.0540 e. The van der Waals surface area contributed by atoms with Gasteiger partial charge in [-0.05, 0) is 104 Å². The average Bonchev–Trinajstić information content (AvgIpc) is 3.63. The van der Waals surface area contributed by atoms with Gasteiger partial charge in [-0.1, -0.05) is 158 Å². The predicted octanol–water partition coefficient (Wildman–Crippen LogP) is 15.3. The smallest absolute Gasteiger partial charge is 0.0540 e. The van der Waals surface area contributed by atoms with Gasteiger partial charge in [-0.25, -0.2) is 0 Å². The van der Waals surface area contributed by atoms with E-state index in [0.29, 0.717) is 0 Å². The number of rotatable bonds is 7. The zero-order valence-corrected chi connectivity index (χ0v) is 30.4. The number of fused-ring (bicyclic) bond motifs is 4. The molecule has 0 radical (unpaired) electrons. The molecule has 0 unspecified atom stereocenters. The molecule has 0 aliphatic heterocycles. The minimum atomic E-state index is 1.10. The molecule has 0 fully saturated rings. The summed E-state index contributed by atoms with van der Waals surface area (Å²) in [6.45, 7) is 0. The van der Waals surface area contributed by atoms with Crippen LogP contribution in [-0.2, 0) is 0 Å². The van der Waals surface area contributed by atoms with Crippen molar-refractivity contribution < 1.29 is 0 Å². The van der Waals surface area contributed by atoms with Gasteiger partial charge >= 0.3 is 0 Å². The summed E-state index contributed by atoms with van der Waals surface area (Å²) in [6.07, 6.45) is 0. The van der Waals surface area contributed by atoms with Gasteiger partial charge in [-0.3, -0.25) is 0 Å².